The van der Waals surface area contributed by atoms with E-state index in [1.165, 1.54) is 4.68 Å². The van der Waals surface area contributed by atoms with E-state index in [2.05, 4.69) is 21.0 Å². The van der Waals surface area contributed by atoms with Gasteiger partial charge >= 0.3 is 0 Å². The number of alkyl halides is 1. The molecule has 0 fully saturated rings. The molecule has 0 spiro atoms. The van der Waals surface area contributed by atoms with E-state index in [1.807, 2.05) is 30.3 Å². The molecule has 2 rings (SSSR count). The lowest BCUT2D eigenvalue weighted by molar-refractivity contribution is 0.624. The number of aryl methyl sites for hydroxylation is 1. The third kappa shape index (κ3) is 2.39. The van der Waals surface area contributed by atoms with Crippen LogP contribution < -0.4 is 5.56 Å². The molecule has 0 atom stereocenters. The molecule has 0 amide bonds. The van der Waals surface area contributed by atoms with Crippen molar-refractivity contribution in [3.05, 3.63) is 52.9 Å². The van der Waals surface area contributed by atoms with Gasteiger partial charge in [0, 0.05) is 17.0 Å². The van der Waals surface area contributed by atoms with E-state index in [9.17, 15) is 4.79 Å². The first-order chi connectivity index (χ1) is 7.81. The number of nitrogens with zero attached hydrogens (tertiary/aromatic N) is 2. The molecule has 16 heavy (non-hydrogen) atoms. The topological polar surface area (TPSA) is 34.9 Å². The smallest absolute Gasteiger partial charge is 0.267 e. The summed E-state index contributed by atoms with van der Waals surface area (Å²) in [5.41, 5.74) is 1.80. The van der Waals surface area contributed by atoms with Crippen LogP contribution in [0.4, 0.5) is 0 Å². The second-order valence-corrected chi connectivity index (χ2v) is 4.15. The first kappa shape index (κ1) is 11.1. The van der Waals surface area contributed by atoms with E-state index < -0.39 is 0 Å². The largest absolute Gasteiger partial charge is 0.268 e. The zero-order valence-corrected chi connectivity index (χ0v) is 10.2. The molecule has 1 heterocycles. The summed E-state index contributed by atoms with van der Waals surface area (Å²) in [5.74, 6) is 0. The molecule has 0 saturated carbocycles. The second kappa shape index (κ2) is 5.07. The Hall–Kier alpha value is -1.42. The van der Waals surface area contributed by atoms with Crippen molar-refractivity contribution < 1.29 is 0 Å². The molecule has 1 aromatic carbocycles. The van der Waals surface area contributed by atoms with Gasteiger partial charge in [0.25, 0.3) is 5.56 Å². The van der Waals surface area contributed by atoms with Crippen LogP contribution >= 0.6 is 15.9 Å². The van der Waals surface area contributed by atoms with Gasteiger partial charge in [0.2, 0.25) is 0 Å². The maximum atomic E-state index is 11.7. The Kier molecular flexibility index (Phi) is 3.51. The Morgan fingerprint density at radius 2 is 1.94 bits per heavy atom. The van der Waals surface area contributed by atoms with Gasteiger partial charge in [0.1, 0.15) is 0 Å². The van der Waals surface area contributed by atoms with Gasteiger partial charge in [0.05, 0.1) is 12.7 Å². The molecule has 0 radical (unpaired) electrons. The zero-order chi connectivity index (χ0) is 11.4. The highest BCUT2D eigenvalue weighted by molar-refractivity contribution is 9.09. The summed E-state index contributed by atoms with van der Waals surface area (Å²) in [6, 6.07) is 11.4. The van der Waals surface area contributed by atoms with E-state index in [4.69, 9.17) is 0 Å². The van der Waals surface area contributed by atoms with E-state index in [0.29, 0.717) is 6.54 Å². The van der Waals surface area contributed by atoms with Gasteiger partial charge in [-0.3, -0.25) is 4.79 Å². The Morgan fingerprint density at radius 3 is 2.56 bits per heavy atom. The van der Waals surface area contributed by atoms with Crippen molar-refractivity contribution in [2.24, 2.45) is 0 Å². The number of aromatic nitrogens is 2. The minimum Gasteiger partial charge on any atom is -0.268 e. The van der Waals surface area contributed by atoms with E-state index >= 15 is 0 Å². The predicted molar refractivity (Wildman–Crippen MR) is 67.7 cm³/mol. The van der Waals surface area contributed by atoms with Crippen molar-refractivity contribution in [3.8, 4) is 11.1 Å². The Bertz CT molecular complexity index is 522. The lowest BCUT2D eigenvalue weighted by atomic mass is 10.1. The highest BCUT2D eigenvalue weighted by atomic mass is 79.9. The van der Waals surface area contributed by atoms with Crippen LogP contribution in [0.3, 0.4) is 0 Å². The maximum absolute atomic E-state index is 11.7. The Labute approximate surface area is 102 Å². The molecule has 2 aromatic rings. The van der Waals surface area contributed by atoms with Gasteiger partial charge < -0.3 is 0 Å². The maximum Gasteiger partial charge on any atom is 0.267 e. The van der Waals surface area contributed by atoms with E-state index in [1.54, 1.807) is 12.3 Å². The van der Waals surface area contributed by atoms with Crippen molar-refractivity contribution in [1.82, 2.24) is 9.78 Å². The summed E-state index contributed by atoms with van der Waals surface area (Å²) in [4.78, 5) is 11.7. The van der Waals surface area contributed by atoms with Crippen molar-refractivity contribution in [2.45, 2.75) is 6.54 Å². The summed E-state index contributed by atoms with van der Waals surface area (Å²) in [6.07, 6.45) is 1.72. The molecule has 0 saturated heterocycles. The van der Waals surface area contributed by atoms with Crippen molar-refractivity contribution >= 4 is 15.9 Å². The minimum atomic E-state index is -0.0687. The quantitative estimate of drug-likeness (QED) is 0.808. The van der Waals surface area contributed by atoms with Crippen LogP contribution in [0.1, 0.15) is 0 Å². The molecular formula is C12H11BrN2O. The minimum absolute atomic E-state index is 0.0687. The summed E-state index contributed by atoms with van der Waals surface area (Å²) in [6.45, 7) is 0.591. The lowest BCUT2D eigenvalue weighted by Gasteiger charge is -2.03. The third-order valence-corrected chi connectivity index (χ3v) is 2.63. The SMILES string of the molecule is O=c1cc(-c2ccccc2)cnn1CCBr. The average molecular weight is 279 g/mol. The number of halogens is 1. The first-order valence-corrected chi connectivity index (χ1v) is 6.12. The molecule has 82 valence electrons. The number of hydrogen-bond acceptors (Lipinski definition) is 2. The van der Waals surface area contributed by atoms with Crippen LogP contribution in [-0.4, -0.2) is 15.1 Å². The zero-order valence-electron chi connectivity index (χ0n) is 8.64. The molecule has 0 N–H and O–H groups in total. The normalized spacial score (nSPS) is 10.3. The molecule has 4 heteroatoms. The molecule has 1 aromatic heterocycles. The van der Waals surface area contributed by atoms with Crippen LogP contribution in [0.25, 0.3) is 11.1 Å². The summed E-state index contributed by atoms with van der Waals surface area (Å²) < 4.78 is 1.45. The predicted octanol–water partition coefficient (Wildman–Crippen LogP) is 2.31. The summed E-state index contributed by atoms with van der Waals surface area (Å²) in [5, 5.41) is 4.85. The van der Waals surface area contributed by atoms with Crippen LogP contribution in [0.15, 0.2) is 47.4 Å². The van der Waals surface area contributed by atoms with Gasteiger partial charge in [0.15, 0.2) is 0 Å². The second-order valence-electron chi connectivity index (χ2n) is 3.36. The Balaban J connectivity index is 2.39. The fraction of sp³-hybridized carbons (Fsp3) is 0.167. The fourth-order valence-corrected chi connectivity index (χ4v) is 1.81. The highest BCUT2D eigenvalue weighted by Crippen LogP contribution is 2.15. The van der Waals surface area contributed by atoms with Crippen LogP contribution in [0.2, 0.25) is 0 Å². The number of rotatable bonds is 3. The Morgan fingerprint density at radius 1 is 1.19 bits per heavy atom. The monoisotopic (exact) mass is 278 g/mol. The number of hydrogen-bond donors (Lipinski definition) is 0. The molecule has 0 aliphatic heterocycles. The van der Waals surface area contributed by atoms with Gasteiger partial charge in [-0.05, 0) is 5.56 Å². The third-order valence-electron chi connectivity index (χ3n) is 2.27. The highest BCUT2D eigenvalue weighted by Gasteiger charge is 2.01. The van der Waals surface area contributed by atoms with Crippen molar-refractivity contribution in [1.29, 1.82) is 0 Å². The molecular weight excluding hydrogens is 268 g/mol. The molecule has 0 bridgehead atoms. The van der Waals surface area contributed by atoms with Gasteiger partial charge in [-0.15, -0.1) is 0 Å². The van der Waals surface area contributed by atoms with E-state index in [0.717, 1.165) is 16.5 Å². The molecule has 0 aliphatic rings. The molecule has 0 unspecified atom stereocenters. The molecule has 0 aliphatic carbocycles. The molecule has 3 nitrogen and oxygen atoms in total. The average Bonchev–Trinajstić information content (AvgIpc) is 2.33. The fourth-order valence-electron chi connectivity index (χ4n) is 1.47. The van der Waals surface area contributed by atoms with Gasteiger partial charge in [-0.2, -0.15) is 5.10 Å². The standard InChI is InChI=1S/C12H11BrN2O/c13-6-7-15-12(16)8-11(9-14-15)10-4-2-1-3-5-10/h1-5,8-9H,6-7H2. The van der Waals surface area contributed by atoms with Crippen LogP contribution in [0, 0.1) is 0 Å². The van der Waals surface area contributed by atoms with Crippen molar-refractivity contribution in [3.63, 3.8) is 0 Å². The van der Waals surface area contributed by atoms with Crippen molar-refractivity contribution in [2.75, 3.05) is 5.33 Å². The summed E-state index contributed by atoms with van der Waals surface area (Å²) >= 11 is 3.28. The summed E-state index contributed by atoms with van der Waals surface area (Å²) in [7, 11) is 0. The first-order valence-electron chi connectivity index (χ1n) is 5.00. The van der Waals surface area contributed by atoms with Crippen LogP contribution in [0.5, 0.6) is 0 Å². The van der Waals surface area contributed by atoms with E-state index in [-0.39, 0.29) is 5.56 Å². The lowest BCUT2D eigenvalue weighted by Crippen LogP contribution is -2.22. The van der Waals surface area contributed by atoms with Gasteiger partial charge in [-0.1, -0.05) is 46.3 Å². The number of benzene rings is 1. The van der Waals surface area contributed by atoms with Gasteiger partial charge in [-0.25, -0.2) is 4.68 Å². The van der Waals surface area contributed by atoms with Crippen LogP contribution in [-0.2, 0) is 6.54 Å².